The van der Waals surface area contributed by atoms with Crippen molar-refractivity contribution >= 4 is 0 Å². The molecule has 2 atom stereocenters. The van der Waals surface area contributed by atoms with Gasteiger partial charge in [-0.3, -0.25) is 4.98 Å². The summed E-state index contributed by atoms with van der Waals surface area (Å²) in [7, 11) is 2.26. The number of pyridine rings is 1. The molecule has 1 aromatic rings. The Bertz CT molecular complexity index is 339. The van der Waals surface area contributed by atoms with Gasteiger partial charge in [-0.05, 0) is 58.0 Å². The van der Waals surface area contributed by atoms with Gasteiger partial charge in [0.15, 0.2) is 0 Å². The van der Waals surface area contributed by atoms with Crippen molar-refractivity contribution in [2.45, 2.75) is 44.7 Å². The molecule has 1 unspecified atom stereocenters. The number of nitrogens with one attached hydrogen (secondary N) is 1. The van der Waals surface area contributed by atoms with Crippen molar-refractivity contribution < 1.29 is 0 Å². The molecule has 3 heteroatoms. The second-order valence-corrected chi connectivity index (χ2v) is 5.38. The van der Waals surface area contributed by atoms with Crippen LogP contribution in [0.25, 0.3) is 0 Å². The molecular formula is C15H25N3. The Morgan fingerprint density at radius 2 is 2.39 bits per heavy atom. The van der Waals surface area contributed by atoms with Crippen LogP contribution < -0.4 is 5.32 Å². The van der Waals surface area contributed by atoms with Gasteiger partial charge in [0.1, 0.15) is 0 Å². The Balaban J connectivity index is 1.71. The number of hydrogen-bond acceptors (Lipinski definition) is 3. The first-order valence-electron chi connectivity index (χ1n) is 7.11. The fourth-order valence-electron chi connectivity index (χ4n) is 2.73. The number of aromatic nitrogens is 1. The van der Waals surface area contributed by atoms with Crippen LogP contribution in [0.1, 0.15) is 44.2 Å². The Labute approximate surface area is 111 Å². The molecule has 3 nitrogen and oxygen atoms in total. The van der Waals surface area contributed by atoms with Gasteiger partial charge in [0.25, 0.3) is 0 Å². The maximum Gasteiger partial charge on any atom is 0.0315 e. The van der Waals surface area contributed by atoms with E-state index in [2.05, 4.69) is 35.2 Å². The average Bonchev–Trinajstić information content (AvgIpc) is 2.42. The smallest absolute Gasteiger partial charge is 0.0315 e. The van der Waals surface area contributed by atoms with Gasteiger partial charge in [-0.25, -0.2) is 0 Å². The van der Waals surface area contributed by atoms with E-state index in [1.165, 1.54) is 37.8 Å². The molecule has 100 valence electrons. The highest BCUT2D eigenvalue weighted by molar-refractivity contribution is 5.12. The summed E-state index contributed by atoms with van der Waals surface area (Å²) >= 11 is 0. The van der Waals surface area contributed by atoms with Crippen molar-refractivity contribution in [1.29, 1.82) is 0 Å². The summed E-state index contributed by atoms with van der Waals surface area (Å²) in [4.78, 5) is 6.68. The normalized spacial score (nSPS) is 22.9. The molecule has 0 aliphatic carbocycles. The Morgan fingerprint density at radius 1 is 1.50 bits per heavy atom. The molecule has 0 aromatic carbocycles. The zero-order chi connectivity index (χ0) is 12.8. The zero-order valence-corrected chi connectivity index (χ0v) is 11.6. The molecule has 1 aromatic heterocycles. The van der Waals surface area contributed by atoms with E-state index in [1.807, 2.05) is 18.5 Å². The third kappa shape index (κ3) is 3.79. The number of piperidine rings is 1. The van der Waals surface area contributed by atoms with Gasteiger partial charge in [0.2, 0.25) is 0 Å². The lowest BCUT2D eigenvalue weighted by Crippen LogP contribution is -2.38. The maximum absolute atomic E-state index is 4.17. The van der Waals surface area contributed by atoms with E-state index in [9.17, 15) is 0 Å². The quantitative estimate of drug-likeness (QED) is 0.867. The summed E-state index contributed by atoms with van der Waals surface area (Å²) in [5, 5.41) is 3.60. The molecule has 2 heterocycles. The molecule has 18 heavy (non-hydrogen) atoms. The summed E-state index contributed by atoms with van der Waals surface area (Å²) in [6.07, 6.45) is 9.15. The summed E-state index contributed by atoms with van der Waals surface area (Å²) in [6, 6.07) is 5.31. The lowest BCUT2D eigenvalue weighted by atomic mass is 10.00. The molecule has 2 rings (SSSR count). The number of rotatable bonds is 5. The number of hydrogen-bond donors (Lipinski definition) is 1. The standard InChI is InChI=1S/C15H25N3/c1-13(14-6-5-9-16-12-14)17-10-8-15-7-3-4-11-18(15)2/h5-6,9,12-13,15,17H,3-4,7-8,10-11H2,1-2H3/t13-,15?/m1/s1. The first kappa shape index (κ1) is 13.5. The van der Waals surface area contributed by atoms with Crippen LogP contribution in [-0.2, 0) is 0 Å². The minimum atomic E-state index is 0.396. The van der Waals surface area contributed by atoms with E-state index in [-0.39, 0.29) is 0 Å². The van der Waals surface area contributed by atoms with Gasteiger partial charge in [-0.2, -0.15) is 0 Å². The highest BCUT2D eigenvalue weighted by atomic mass is 15.1. The molecule has 0 spiro atoms. The van der Waals surface area contributed by atoms with Crippen LogP contribution in [0.2, 0.25) is 0 Å². The fourth-order valence-corrected chi connectivity index (χ4v) is 2.73. The topological polar surface area (TPSA) is 28.2 Å². The number of likely N-dealkylation sites (tertiary alicyclic amines) is 1. The molecule has 0 radical (unpaired) electrons. The minimum Gasteiger partial charge on any atom is -0.310 e. The molecule has 0 amide bonds. The van der Waals surface area contributed by atoms with Crippen LogP contribution in [0, 0.1) is 0 Å². The van der Waals surface area contributed by atoms with E-state index in [0.29, 0.717) is 6.04 Å². The molecule has 1 fully saturated rings. The van der Waals surface area contributed by atoms with Gasteiger partial charge < -0.3 is 10.2 Å². The number of nitrogens with zero attached hydrogens (tertiary/aromatic N) is 2. The zero-order valence-electron chi connectivity index (χ0n) is 11.6. The molecule has 1 saturated heterocycles. The predicted octanol–water partition coefficient (Wildman–Crippen LogP) is 2.61. The highest BCUT2D eigenvalue weighted by Crippen LogP contribution is 2.18. The van der Waals surface area contributed by atoms with Crippen molar-refractivity contribution in [3.05, 3.63) is 30.1 Å². The second kappa shape index (κ2) is 6.86. The van der Waals surface area contributed by atoms with Crippen LogP contribution in [-0.4, -0.2) is 36.1 Å². The van der Waals surface area contributed by atoms with Crippen LogP contribution in [0.4, 0.5) is 0 Å². The van der Waals surface area contributed by atoms with Crippen molar-refractivity contribution in [1.82, 2.24) is 15.2 Å². The summed E-state index contributed by atoms with van der Waals surface area (Å²) in [6.45, 7) is 4.56. The first-order chi connectivity index (χ1) is 8.77. The third-order valence-corrected chi connectivity index (χ3v) is 4.03. The summed E-state index contributed by atoms with van der Waals surface area (Å²) in [5.41, 5.74) is 1.27. The van der Waals surface area contributed by atoms with Gasteiger partial charge >= 0.3 is 0 Å². The Hall–Kier alpha value is -0.930. The summed E-state index contributed by atoms with van der Waals surface area (Å²) < 4.78 is 0. The molecule has 1 N–H and O–H groups in total. The monoisotopic (exact) mass is 247 g/mol. The van der Waals surface area contributed by atoms with E-state index in [0.717, 1.165) is 12.6 Å². The van der Waals surface area contributed by atoms with E-state index in [1.54, 1.807) is 0 Å². The average molecular weight is 247 g/mol. The largest absolute Gasteiger partial charge is 0.310 e. The van der Waals surface area contributed by atoms with Gasteiger partial charge in [0, 0.05) is 24.5 Å². The third-order valence-electron chi connectivity index (χ3n) is 4.03. The van der Waals surface area contributed by atoms with Gasteiger partial charge in [0.05, 0.1) is 0 Å². The maximum atomic E-state index is 4.17. The van der Waals surface area contributed by atoms with Crippen molar-refractivity contribution in [2.24, 2.45) is 0 Å². The van der Waals surface area contributed by atoms with E-state index < -0.39 is 0 Å². The SMILES string of the molecule is C[C@@H](NCCC1CCCCN1C)c1cccnc1. The second-order valence-electron chi connectivity index (χ2n) is 5.38. The van der Waals surface area contributed by atoms with Crippen LogP contribution in [0.15, 0.2) is 24.5 Å². The van der Waals surface area contributed by atoms with Crippen LogP contribution in [0.3, 0.4) is 0 Å². The van der Waals surface area contributed by atoms with Crippen molar-refractivity contribution in [3.8, 4) is 0 Å². The van der Waals surface area contributed by atoms with E-state index >= 15 is 0 Å². The highest BCUT2D eigenvalue weighted by Gasteiger charge is 2.18. The molecule has 1 aliphatic rings. The lowest BCUT2D eigenvalue weighted by molar-refractivity contribution is 0.174. The van der Waals surface area contributed by atoms with E-state index in [4.69, 9.17) is 0 Å². The Kier molecular flexibility index (Phi) is 5.14. The molecule has 0 bridgehead atoms. The van der Waals surface area contributed by atoms with Gasteiger partial charge in [-0.1, -0.05) is 12.5 Å². The molecular weight excluding hydrogens is 222 g/mol. The van der Waals surface area contributed by atoms with Crippen LogP contribution in [0.5, 0.6) is 0 Å². The predicted molar refractivity (Wildman–Crippen MR) is 75.5 cm³/mol. The molecule has 0 saturated carbocycles. The van der Waals surface area contributed by atoms with Crippen LogP contribution >= 0.6 is 0 Å². The fraction of sp³-hybridized carbons (Fsp3) is 0.667. The minimum absolute atomic E-state index is 0.396. The lowest BCUT2D eigenvalue weighted by Gasteiger charge is -2.32. The molecule has 1 aliphatic heterocycles. The van der Waals surface area contributed by atoms with Gasteiger partial charge in [-0.15, -0.1) is 0 Å². The van der Waals surface area contributed by atoms with Crippen molar-refractivity contribution in [3.63, 3.8) is 0 Å². The first-order valence-corrected chi connectivity index (χ1v) is 7.11. The van der Waals surface area contributed by atoms with Crippen molar-refractivity contribution in [2.75, 3.05) is 20.1 Å². The summed E-state index contributed by atoms with van der Waals surface area (Å²) in [5.74, 6) is 0. The Morgan fingerprint density at radius 3 is 3.11 bits per heavy atom.